The van der Waals surface area contributed by atoms with Crippen molar-refractivity contribution in [2.45, 2.75) is 26.8 Å². The average molecular weight is 333 g/mol. The number of hydrogen-bond acceptors (Lipinski definition) is 5. The van der Waals surface area contributed by atoms with E-state index in [1.165, 1.54) is 11.3 Å². The van der Waals surface area contributed by atoms with Crippen molar-refractivity contribution in [2.75, 3.05) is 19.7 Å². The molecule has 2 rings (SSSR count). The van der Waals surface area contributed by atoms with Gasteiger partial charge in [-0.3, -0.25) is 4.79 Å². The van der Waals surface area contributed by atoms with E-state index >= 15 is 0 Å². The SMILES string of the molecule is CCN[C@H](C)CNC(=O)c1csc(-c2ccc(OCC)cc2)n1. The molecule has 6 heteroatoms. The van der Waals surface area contributed by atoms with Crippen molar-refractivity contribution in [3.05, 3.63) is 35.3 Å². The summed E-state index contributed by atoms with van der Waals surface area (Å²) in [6.07, 6.45) is 0. The van der Waals surface area contributed by atoms with Crippen LogP contribution in [0, 0.1) is 0 Å². The molecule has 0 aliphatic heterocycles. The molecule has 0 bridgehead atoms. The summed E-state index contributed by atoms with van der Waals surface area (Å²) >= 11 is 1.47. The fourth-order valence-electron chi connectivity index (χ4n) is 2.13. The van der Waals surface area contributed by atoms with Crippen molar-refractivity contribution in [3.8, 4) is 16.3 Å². The summed E-state index contributed by atoms with van der Waals surface area (Å²) < 4.78 is 5.43. The van der Waals surface area contributed by atoms with Gasteiger partial charge in [0.2, 0.25) is 0 Å². The van der Waals surface area contributed by atoms with Gasteiger partial charge in [-0.1, -0.05) is 6.92 Å². The molecule has 1 aromatic heterocycles. The van der Waals surface area contributed by atoms with Gasteiger partial charge in [0.25, 0.3) is 5.91 Å². The molecule has 0 saturated carbocycles. The molecule has 5 nitrogen and oxygen atoms in total. The predicted octanol–water partition coefficient (Wildman–Crippen LogP) is 2.94. The van der Waals surface area contributed by atoms with Crippen LogP contribution in [0.2, 0.25) is 0 Å². The van der Waals surface area contributed by atoms with E-state index in [1.54, 1.807) is 5.38 Å². The number of likely N-dealkylation sites (N-methyl/N-ethyl adjacent to an activating group) is 1. The summed E-state index contributed by atoms with van der Waals surface area (Å²) in [5.74, 6) is 0.700. The minimum atomic E-state index is -0.136. The number of benzene rings is 1. The van der Waals surface area contributed by atoms with Gasteiger partial charge in [-0.05, 0) is 44.7 Å². The largest absolute Gasteiger partial charge is 0.494 e. The lowest BCUT2D eigenvalue weighted by Gasteiger charge is -2.12. The van der Waals surface area contributed by atoms with Crippen molar-refractivity contribution in [1.82, 2.24) is 15.6 Å². The average Bonchev–Trinajstić information content (AvgIpc) is 3.04. The highest BCUT2D eigenvalue weighted by Crippen LogP contribution is 2.25. The van der Waals surface area contributed by atoms with E-state index in [1.807, 2.05) is 45.0 Å². The van der Waals surface area contributed by atoms with E-state index in [9.17, 15) is 4.79 Å². The second-order valence-electron chi connectivity index (χ2n) is 5.16. The maximum Gasteiger partial charge on any atom is 0.270 e. The minimum Gasteiger partial charge on any atom is -0.494 e. The molecule has 0 radical (unpaired) electrons. The van der Waals surface area contributed by atoms with Gasteiger partial charge in [0, 0.05) is 23.5 Å². The maximum atomic E-state index is 12.1. The number of carbonyl (C=O) groups is 1. The topological polar surface area (TPSA) is 63.2 Å². The number of ether oxygens (including phenoxy) is 1. The van der Waals surface area contributed by atoms with Crippen LogP contribution in [-0.2, 0) is 0 Å². The van der Waals surface area contributed by atoms with E-state index < -0.39 is 0 Å². The van der Waals surface area contributed by atoms with Crippen molar-refractivity contribution in [1.29, 1.82) is 0 Å². The van der Waals surface area contributed by atoms with Gasteiger partial charge in [-0.2, -0.15) is 0 Å². The fourth-order valence-corrected chi connectivity index (χ4v) is 2.93. The van der Waals surface area contributed by atoms with E-state index in [-0.39, 0.29) is 11.9 Å². The van der Waals surface area contributed by atoms with Gasteiger partial charge < -0.3 is 15.4 Å². The molecule has 0 aliphatic rings. The van der Waals surface area contributed by atoms with Gasteiger partial charge >= 0.3 is 0 Å². The second-order valence-corrected chi connectivity index (χ2v) is 6.02. The summed E-state index contributed by atoms with van der Waals surface area (Å²) in [5.41, 5.74) is 1.45. The highest BCUT2D eigenvalue weighted by Gasteiger charge is 2.12. The summed E-state index contributed by atoms with van der Waals surface area (Å²) in [6, 6.07) is 7.99. The number of nitrogens with zero attached hydrogens (tertiary/aromatic N) is 1. The number of aromatic nitrogens is 1. The molecule has 0 saturated heterocycles. The first-order valence-electron chi connectivity index (χ1n) is 7.84. The van der Waals surface area contributed by atoms with Crippen LogP contribution in [0.15, 0.2) is 29.6 Å². The Hall–Kier alpha value is -1.92. The van der Waals surface area contributed by atoms with Gasteiger partial charge in [-0.15, -0.1) is 11.3 Å². The molecule has 1 amide bonds. The van der Waals surface area contributed by atoms with Crippen LogP contribution in [0.3, 0.4) is 0 Å². The zero-order valence-electron chi connectivity index (χ0n) is 13.8. The van der Waals surface area contributed by atoms with E-state index in [4.69, 9.17) is 4.74 Å². The zero-order chi connectivity index (χ0) is 16.7. The first-order valence-corrected chi connectivity index (χ1v) is 8.72. The van der Waals surface area contributed by atoms with E-state index in [0.29, 0.717) is 18.8 Å². The molecule has 23 heavy (non-hydrogen) atoms. The van der Waals surface area contributed by atoms with Gasteiger partial charge in [0.05, 0.1) is 6.61 Å². The third kappa shape index (κ3) is 5.04. The first kappa shape index (κ1) is 17.4. The van der Waals surface area contributed by atoms with Crippen molar-refractivity contribution >= 4 is 17.2 Å². The molecular weight excluding hydrogens is 310 g/mol. The molecule has 2 N–H and O–H groups in total. The van der Waals surface area contributed by atoms with E-state index in [0.717, 1.165) is 22.9 Å². The van der Waals surface area contributed by atoms with Crippen LogP contribution in [-0.4, -0.2) is 36.6 Å². The van der Waals surface area contributed by atoms with Crippen molar-refractivity contribution in [2.24, 2.45) is 0 Å². The van der Waals surface area contributed by atoms with Gasteiger partial charge in [-0.25, -0.2) is 4.98 Å². The highest BCUT2D eigenvalue weighted by molar-refractivity contribution is 7.13. The quantitative estimate of drug-likeness (QED) is 0.780. The highest BCUT2D eigenvalue weighted by atomic mass is 32.1. The number of rotatable bonds is 8. The second kappa shape index (κ2) is 8.64. The molecular formula is C17H23N3O2S. The molecule has 0 aliphatic carbocycles. The standard InChI is InChI=1S/C17H23N3O2S/c1-4-18-12(3)10-19-16(21)15-11-23-17(20-15)13-6-8-14(9-7-13)22-5-2/h6-9,11-12,18H,4-5,10H2,1-3H3,(H,19,21)/t12-/m1/s1. The molecule has 1 heterocycles. The lowest BCUT2D eigenvalue weighted by Crippen LogP contribution is -2.38. The number of hydrogen-bond donors (Lipinski definition) is 2. The smallest absolute Gasteiger partial charge is 0.270 e. The minimum absolute atomic E-state index is 0.136. The molecule has 0 fully saturated rings. The number of nitrogens with one attached hydrogen (secondary N) is 2. The lowest BCUT2D eigenvalue weighted by atomic mass is 10.2. The molecule has 124 valence electrons. The van der Waals surface area contributed by atoms with Gasteiger partial charge in [0.15, 0.2) is 0 Å². The van der Waals surface area contributed by atoms with Crippen LogP contribution in [0.1, 0.15) is 31.3 Å². The van der Waals surface area contributed by atoms with Crippen LogP contribution in [0.25, 0.3) is 10.6 Å². The van der Waals surface area contributed by atoms with Crippen molar-refractivity contribution in [3.63, 3.8) is 0 Å². The Morgan fingerprint density at radius 2 is 2.04 bits per heavy atom. The third-order valence-corrected chi connectivity index (χ3v) is 4.16. The summed E-state index contributed by atoms with van der Waals surface area (Å²) in [4.78, 5) is 16.5. The maximum absolute atomic E-state index is 12.1. The molecule has 1 atom stereocenters. The lowest BCUT2D eigenvalue weighted by molar-refractivity contribution is 0.0946. The number of amides is 1. The zero-order valence-corrected chi connectivity index (χ0v) is 14.6. The van der Waals surface area contributed by atoms with Crippen LogP contribution in [0.4, 0.5) is 0 Å². The van der Waals surface area contributed by atoms with Gasteiger partial charge in [0.1, 0.15) is 16.5 Å². The Balaban J connectivity index is 1.98. The van der Waals surface area contributed by atoms with Crippen LogP contribution >= 0.6 is 11.3 Å². The third-order valence-electron chi connectivity index (χ3n) is 3.27. The van der Waals surface area contributed by atoms with Crippen molar-refractivity contribution < 1.29 is 9.53 Å². The number of thiazole rings is 1. The molecule has 2 aromatic rings. The Morgan fingerprint density at radius 3 is 2.70 bits per heavy atom. The monoisotopic (exact) mass is 333 g/mol. The molecule has 1 aromatic carbocycles. The molecule has 0 unspecified atom stereocenters. The number of carbonyl (C=O) groups excluding carboxylic acids is 1. The Kier molecular flexibility index (Phi) is 6.55. The summed E-state index contributed by atoms with van der Waals surface area (Å²) in [6.45, 7) is 8.15. The molecule has 0 spiro atoms. The first-order chi connectivity index (χ1) is 11.1. The summed E-state index contributed by atoms with van der Waals surface area (Å²) in [5, 5.41) is 8.77. The van der Waals surface area contributed by atoms with E-state index in [2.05, 4.69) is 15.6 Å². The fraction of sp³-hybridized carbons (Fsp3) is 0.412. The normalized spacial score (nSPS) is 12.0. The Bertz CT molecular complexity index is 625. The van der Waals surface area contributed by atoms with Crippen LogP contribution < -0.4 is 15.4 Å². The Labute approximate surface area is 141 Å². The van der Waals surface area contributed by atoms with Crippen LogP contribution in [0.5, 0.6) is 5.75 Å². The predicted molar refractivity (Wildman–Crippen MR) is 94.2 cm³/mol. The Morgan fingerprint density at radius 1 is 1.30 bits per heavy atom. The summed E-state index contributed by atoms with van der Waals surface area (Å²) in [7, 11) is 0.